The van der Waals surface area contributed by atoms with Crippen molar-refractivity contribution in [2.24, 2.45) is 0 Å². The molecule has 5 nitrogen and oxygen atoms in total. The molecule has 1 amide bonds. The molecule has 1 saturated heterocycles. The molecule has 0 radical (unpaired) electrons. The second-order valence-electron chi connectivity index (χ2n) is 6.34. The van der Waals surface area contributed by atoms with Gasteiger partial charge in [0.05, 0.1) is 20.9 Å². The Morgan fingerprint density at radius 2 is 1.96 bits per heavy atom. The first kappa shape index (κ1) is 16.1. The number of carbonyl (C=O) groups excluding carboxylic acids is 1. The fraction of sp³-hybridized carbons (Fsp3) is 0.611. The number of nitrogens with zero attached hydrogens (tertiary/aromatic N) is 2. The van der Waals surface area contributed by atoms with E-state index >= 15 is 0 Å². The summed E-state index contributed by atoms with van der Waals surface area (Å²) in [5.41, 5.74) is 2.50. The van der Waals surface area contributed by atoms with Gasteiger partial charge in [0.1, 0.15) is 0 Å². The van der Waals surface area contributed by atoms with Crippen LogP contribution in [0.1, 0.15) is 43.4 Å². The molecule has 0 N–H and O–H groups in total. The van der Waals surface area contributed by atoms with Crippen LogP contribution in [-0.4, -0.2) is 49.7 Å². The highest BCUT2D eigenvalue weighted by atomic mass is 16.5. The van der Waals surface area contributed by atoms with Crippen LogP contribution >= 0.6 is 0 Å². The smallest absolute Gasteiger partial charge is 0.225 e. The van der Waals surface area contributed by atoms with Crippen molar-refractivity contribution in [1.82, 2.24) is 9.80 Å². The minimum absolute atomic E-state index is 0.170. The molecular formula is C18H26N2O3. The van der Waals surface area contributed by atoms with Gasteiger partial charge in [0.2, 0.25) is 5.91 Å². The second-order valence-corrected chi connectivity index (χ2v) is 6.34. The monoisotopic (exact) mass is 318 g/mol. The summed E-state index contributed by atoms with van der Waals surface area (Å²) in [7, 11) is 3.32. The van der Waals surface area contributed by atoms with Gasteiger partial charge in [0.15, 0.2) is 11.5 Å². The number of methoxy groups -OCH3 is 2. The van der Waals surface area contributed by atoms with E-state index in [2.05, 4.69) is 24.0 Å². The van der Waals surface area contributed by atoms with E-state index in [0.29, 0.717) is 6.42 Å². The Bertz CT molecular complexity index is 588. The first-order valence-electron chi connectivity index (χ1n) is 8.44. The quantitative estimate of drug-likeness (QED) is 0.837. The predicted molar refractivity (Wildman–Crippen MR) is 88.8 cm³/mol. The van der Waals surface area contributed by atoms with Gasteiger partial charge in [-0.3, -0.25) is 9.69 Å². The van der Waals surface area contributed by atoms with E-state index < -0.39 is 0 Å². The highest BCUT2D eigenvalue weighted by molar-refractivity contribution is 5.78. The SMILES string of the molecule is CCCCN1CN2CCc3cc(OC)c(OC)cc3C2CC1=O. The summed E-state index contributed by atoms with van der Waals surface area (Å²) in [4.78, 5) is 16.9. The fourth-order valence-electron chi connectivity index (χ4n) is 3.63. The average Bonchev–Trinajstić information content (AvgIpc) is 2.58. The van der Waals surface area contributed by atoms with Gasteiger partial charge in [0.25, 0.3) is 0 Å². The van der Waals surface area contributed by atoms with Crippen LogP contribution in [0.3, 0.4) is 0 Å². The maximum Gasteiger partial charge on any atom is 0.225 e. The number of hydrogen-bond acceptors (Lipinski definition) is 4. The van der Waals surface area contributed by atoms with Gasteiger partial charge >= 0.3 is 0 Å². The van der Waals surface area contributed by atoms with Crippen LogP contribution in [0.4, 0.5) is 0 Å². The Morgan fingerprint density at radius 1 is 1.22 bits per heavy atom. The van der Waals surface area contributed by atoms with E-state index in [9.17, 15) is 4.79 Å². The zero-order chi connectivity index (χ0) is 16.4. The maximum atomic E-state index is 12.5. The molecule has 1 aromatic rings. The topological polar surface area (TPSA) is 42.0 Å². The van der Waals surface area contributed by atoms with Gasteiger partial charge in [-0.1, -0.05) is 13.3 Å². The Balaban J connectivity index is 1.86. The minimum Gasteiger partial charge on any atom is -0.493 e. The second kappa shape index (κ2) is 6.79. The summed E-state index contributed by atoms with van der Waals surface area (Å²) < 4.78 is 10.9. The van der Waals surface area contributed by atoms with Crippen LogP contribution in [0, 0.1) is 0 Å². The number of carbonyl (C=O) groups is 1. The van der Waals surface area contributed by atoms with E-state index in [1.165, 1.54) is 11.1 Å². The third-order valence-electron chi connectivity index (χ3n) is 4.97. The summed E-state index contributed by atoms with van der Waals surface area (Å²) >= 11 is 0. The first-order chi connectivity index (χ1) is 11.2. The molecule has 1 aromatic carbocycles. The molecule has 23 heavy (non-hydrogen) atoms. The highest BCUT2D eigenvalue weighted by Gasteiger charge is 2.36. The molecule has 2 aliphatic heterocycles. The summed E-state index contributed by atoms with van der Waals surface area (Å²) in [5.74, 6) is 1.78. The molecule has 1 atom stereocenters. The van der Waals surface area contributed by atoms with E-state index in [1.807, 2.05) is 4.90 Å². The lowest BCUT2D eigenvalue weighted by Gasteiger charge is -2.44. The van der Waals surface area contributed by atoms with E-state index in [0.717, 1.165) is 50.5 Å². The average molecular weight is 318 g/mol. The Hall–Kier alpha value is -1.75. The number of amides is 1. The molecule has 1 unspecified atom stereocenters. The van der Waals surface area contributed by atoms with Crippen molar-refractivity contribution in [1.29, 1.82) is 0 Å². The molecule has 2 heterocycles. The molecule has 1 fully saturated rings. The van der Waals surface area contributed by atoms with Crippen LogP contribution in [0.2, 0.25) is 0 Å². The largest absolute Gasteiger partial charge is 0.493 e. The fourth-order valence-corrected chi connectivity index (χ4v) is 3.63. The van der Waals surface area contributed by atoms with Gasteiger partial charge in [-0.05, 0) is 36.1 Å². The van der Waals surface area contributed by atoms with Gasteiger partial charge in [0, 0.05) is 25.6 Å². The molecule has 0 spiro atoms. The molecule has 5 heteroatoms. The molecule has 0 bridgehead atoms. The summed E-state index contributed by atoms with van der Waals surface area (Å²) in [6.07, 6.45) is 3.74. The van der Waals surface area contributed by atoms with Crippen molar-refractivity contribution in [3.63, 3.8) is 0 Å². The summed E-state index contributed by atoms with van der Waals surface area (Å²) in [6, 6.07) is 4.29. The number of benzene rings is 1. The standard InChI is InChI=1S/C18H26N2O3/c1-4-5-7-20-12-19-8-6-13-9-16(22-2)17(23-3)10-14(13)15(19)11-18(20)21/h9-10,15H,4-8,11-12H2,1-3H3. The van der Waals surface area contributed by atoms with Crippen molar-refractivity contribution in [2.45, 2.75) is 38.6 Å². The van der Waals surface area contributed by atoms with Crippen molar-refractivity contribution in [3.05, 3.63) is 23.3 Å². The third-order valence-corrected chi connectivity index (χ3v) is 4.97. The van der Waals surface area contributed by atoms with Crippen molar-refractivity contribution in [2.75, 3.05) is 34.0 Å². The predicted octanol–water partition coefficient (Wildman–Crippen LogP) is 2.59. The Kier molecular flexibility index (Phi) is 4.76. The van der Waals surface area contributed by atoms with Crippen molar-refractivity contribution >= 4 is 5.91 Å². The molecule has 0 aromatic heterocycles. The van der Waals surface area contributed by atoms with Crippen LogP contribution in [-0.2, 0) is 11.2 Å². The maximum absolute atomic E-state index is 12.5. The Labute approximate surface area is 138 Å². The number of fused-ring (bicyclic) bond motifs is 3. The molecule has 0 aliphatic carbocycles. The number of hydrogen-bond donors (Lipinski definition) is 0. The lowest BCUT2D eigenvalue weighted by atomic mass is 9.89. The number of rotatable bonds is 5. The lowest BCUT2D eigenvalue weighted by molar-refractivity contribution is -0.141. The van der Waals surface area contributed by atoms with Gasteiger partial charge in [-0.15, -0.1) is 0 Å². The van der Waals surface area contributed by atoms with Gasteiger partial charge in [-0.2, -0.15) is 0 Å². The zero-order valence-electron chi connectivity index (χ0n) is 14.3. The zero-order valence-corrected chi connectivity index (χ0v) is 14.3. The molecule has 3 rings (SSSR count). The third kappa shape index (κ3) is 3.02. The normalized spacial score (nSPS) is 20.9. The number of ether oxygens (including phenoxy) is 2. The first-order valence-corrected chi connectivity index (χ1v) is 8.44. The lowest BCUT2D eigenvalue weighted by Crippen LogP contribution is -2.51. The van der Waals surface area contributed by atoms with E-state index in [4.69, 9.17) is 9.47 Å². The summed E-state index contributed by atoms with van der Waals surface area (Å²) in [6.45, 7) is 4.77. The van der Waals surface area contributed by atoms with E-state index in [-0.39, 0.29) is 11.9 Å². The van der Waals surface area contributed by atoms with Gasteiger partial charge < -0.3 is 14.4 Å². The highest BCUT2D eigenvalue weighted by Crippen LogP contribution is 2.41. The van der Waals surface area contributed by atoms with Crippen molar-refractivity contribution in [3.8, 4) is 11.5 Å². The molecule has 2 aliphatic rings. The van der Waals surface area contributed by atoms with Crippen LogP contribution in [0.15, 0.2) is 12.1 Å². The molecule has 0 saturated carbocycles. The van der Waals surface area contributed by atoms with Crippen LogP contribution < -0.4 is 9.47 Å². The summed E-state index contributed by atoms with van der Waals surface area (Å²) in [5, 5.41) is 0. The molecular weight excluding hydrogens is 292 g/mol. The Morgan fingerprint density at radius 3 is 2.65 bits per heavy atom. The van der Waals surface area contributed by atoms with E-state index in [1.54, 1.807) is 14.2 Å². The number of unbranched alkanes of at least 4 members (excludes halogenated alkanes) is 1. The minimum atomic E-state index is 0.170. The van der Waals surface area contributed by atoms with Gasteiger partial charge in [-0.25, -0.2) is 0 Å². The van der Waals surface area contributed by atoms with Crippen LogP contribution in [0.5, 0.6) is 11.5 Å². The molecule has 126 valence electrons. The van der Waals surface area contributed by atoms with Crippen molar-refractivity contribution < 1.29 is 14.3 Å². The van der Waals surface area contributed by atoms with Crippen LogP contribution in [0.25, 0.3) is 0 Å².